The molecule has 0 amide bonds. The van der Waals surface area contributed by atoms with E-state index in [4.69, 9.17) is 23.2 Å². The van der Waals surface area contributed by atoms with Crippen molar-refractivity contribution in [2.75, 3.05) is 0 Å². The maximum absolute atomic E-state index is 12.4. The average Bonchev–Trinajstić information content (AvgIpc) is 2.68. The molecule has 0 heterocycles. The first kappa shape index (κ1) is 14.1. The summed E-state index contributed by atoms with van der Waals surface area (Å²) < 4.78 is 0. The van der Waals surface area contributed by atoms with Gasteiger partial charge in [-0.25, -0.2) is 0 Å². The van der Waals surface area contributed by atoms with Gasteiger partial charge in [0.25, 0.3) is 0 Å². The molecular weight excluding hydrogens is 315 g/mol. The van der Waals surface area contributed by atoms with E-state index in [1.54, 1.807) is 12.1 Å². The number of aliphatic hydroxyl groups is 1. The molecule has 0 radical (unpaired) electrons. The Morgan fingerprint density at radius 1 is 0.905 bits per heavy atom. The Balaban J connectivity index is 2.27. The number of carbonyl (C=O) groups is 2. The van der Waals surface area contributed by atoms with E-state index in [9.17, 15) is 19.8 Å². The van der Waals surface area contributed by atoms with E-state index in [1.807, 2.05) is 0 Å². The molecule has 0 atom stereocenters. The van der Waals surface area contributed by atoms with Crippen LogP contribution in [0.25, 0.3) is 0 Å². The highest BCUT2D eigenvalue weighted by Crippen LogP contribution is 2.44. The Labute approximate surface area is 129 Å². The van der Waals surface area contributed by atoms with Crippen LogP contribution < -0.4 is 0 Å². The van der Waals surface area contributed by atoms with E-state index in [1.165, 1.54) is 24.3 Å². The molecule has 1 aliphatic carbocycles. The van der Waals surface area contributed by atoms with Gasteiger partial charge >= 0.3 is 0 Å². The normalized spacial score (nSPS) is 16.1. The minimum Gasteiger partial charge on any atom is -0.506 e. The van der Waals surface area contributed by atoms with Crippen LogP contribution in [0.4, 0.5) is 0 Å². The number of carbonyl (C=O) groups excluding carboxylic acids is 2. The Morgan fingerprint density at radius 2 is 1.43 bits per heavy atom. The number of rotatable bonds is 1. The van der Waals surface area contributed by atoms with Gasteiger partial charge in [0.1, 0.15) is 10.8 Å². The van der Waals surface area contributed by atoms with E-state index in [0.717, 1.165) is 0 Å². The standard InChI is InChI=1S/C15H8Cl2O4/c16-10-6-5-9(12(18)11(10)17)15(21)13(19)7-3-1-2-4-8(7)14(15)20/h1-6,18,21H. The zero-order chi connectivity index (χ0) is 15.4. The van der Waals surface area contributed by atoms with Gasteiger partial charge in [0.2, 0.25) is 17.2 Å². The van der Waals surface area contributed by atoms with Crippen LogP contribution in [0.5, 0.6) is 5.75 Å². The fourth-order valence-electron chi connectivity index (χ4n) is 2.45. The molecular formula is C15H8Cl2O4. The van der Waals surface area contributed by atoms with Crippen molar-refractivity contribution < 1.29 is 19.8 Å². The number of Topliss-reactive ketones (excluding diaryl/α,β-unsaturated/α-hetero) is 2. The van der Waals surface area contributed by atoms with E-state index >= 15 is 0 Å². The summed E-state index contributed by atoms with van der Waals surface area (Å²) >= 11 is 11.6. The molecule has 2 aromatic rings. The molecule has 6 heteroatoms. The fraction of sp³-hybridized carbons (Fsp3) is 0.0667. The Morgan fingerprint density at radius 3 is 1.95 bits per heavy atom. The molecule has 1 aliphatic rings. The molecule has 0 unspecified atom stereocenters. The molecule has 3 rings (SSSR count). The third kappa shape index (κ3) is 1.73. The molecule has 21 heavy (non-hydrogen) atoms. The van der Waals surface area contributed by atoms with Crippen molar-refractivity contribution in [3.8, 4) is 5.75 Å². The number of hydrogen-bond donors (Lipinski definition) is 2. The molecule has 2 aromatic carbocycles. The minimum atomic E-state index is -2.48. The average molecular weight is 323 g/mol. The second kappa shape index (κ2) is 4.56. The molecule has 106 valence electrons. The van der Waals surface area contributed by atoms with Crippen molar-refractivity contribution in [2.24, 2.45) is 0 Å². The van der Waals surface area contributed by atoms with Gasteiger partial charge in [-0.1, -0.05) is 47.5 Å². The molecule has 0 fully saturated rings. The third-order valence-corrected chi connectivity index (χ3v) is 4.33. The maximum atomic E-state index is 12.4. The van der Waals surface area contributed by atoms with Crippen LogP contribution in [-0.4, -0.2) is 21.8 Å². The van der Waals surface area contributed by atoms with Crippen LogP contribution in [0.1, 0.15) is 26.3 Å². The summed E-state index contributed by atoms with van der Waals surface area (Å²) in [5.74, 6) is -2.17. The van der Waals surface area contributed by atoms with Gasteiger partial charge in [0.15, 0.2) is 0 Å². The lowest BCUT2D eigenvalue weighted by Gasteiger charge is -2.21. The molecule has 0 saturated heterocycles. The highest BCUT2D eigenvalue weighted by Gasteiger charge is 2.54. The van der Waals surface area contributed by atoms with Gasteiger partial charge in [0.05, 0.1) is 5.02 Å². The van der Waals surface area contributed by atoms with Gasteiger partial charge in [-0.15, -0.1) is 0 Å². The van der Waals surface area contributed by atoms with Crippen molar-refractivity contribution >= 4 is 34.8 Å². The predicted molar refractivity (Wildman–Crippen MR) is 77.1 cm³/mol. The van der Waals surface area contributed by atoms with Crippen LogP contribution in [0.2, 0.25) is 10.0 Å². The van der Waals surface area contributed by atoms with Gasteiger partial charge in [-0.2, -0.15) is 0 Å². The quantitative estimate of drug-likeness (QED) is 0.791. The summed E-state index contributed by atoms with van der Waals surface area (Å²) in [6, 6.07) is 8.59. The lowest BCUT2D eigenvalue weighted by molar-refractivity contribution is 0.0313. The number of benzene rings is 2. The largest absolute Gasteiger partial charge is 0.506 e. The maximum Gasteiger partial charge on any atom is 0.220 e. The van der Waals surface area contributed by atoms with Crippen LogP contribution in [-0.2, 0) is 5.60 Å². The second-order valence-corrected chi connectivity index (χ2v) is 5.46. The van der Waals surface area contributed by atoms with Crippen LogP contribution in [0, 0.1) is 0 Å². The summed E-state index contributed by atoms with van der Waals surface area (Å²) in [5, 5.41) is 20.5. The number of phenolic OH excluding ortho intramolecular Hbond substituents is 1. The second-order valence-electron chi connectivity index (χ2n) is 4.67. The summed E-state index contributed by atoms with van der Waals surface area (Å²) in [5.41, 5.74) is -2.55. The van der Waals surface area contributed by atoms with Crippen molar-refractivity contribution in [2.45, 2.75) is 5.60 Å². The van der Waals surface area contributed by atoms with Crippen molar-refractivity contribution in [3.63, 3.8) is 0 Å². The minimum absolute atomic E-state index is 0.0527. The van der Waals surface area contributed by atoms with Gasteiger partial charge in [-0.05, 0) is 12.1 Å². The first-order valence-electron chi connectivity index (χ1n) is 5.97. The first-order chi connectivity index (χ1) is 9.89. The fourth-order valence-corrected chi connectivity index (χ4v) is 2.77. The molecule has 0 saturated carbocycles. The number of hydrogen-bond acceptors (Lipinski definition) is 4. The zero-order valence-electron chi connectivity index (χ0n) is 10.4. The summed E-state index contributed by atoms with van der Waals surface area (Å²) in [7, 11) is 0. The lowest BCUT2D eigenvalue weighted by Crippen LogP contribution is -2.38. The van der Waals surface area contributed by atoms with Gasteiger partial charge in [-0.3, -0.25) is 9.59 Å². The summed E-state index contributed by atoms with van der Waals surface area (Å²) in [6.07, 6.45) is 0. The van der Waals surface area contributed by atoms with Crippen molar-refractivity contribution in [3.05, 3.63) is 63.1 Å². The number of aromatic hydroxyl groups is 1. The molecule has 0 aliphatic heterocycles. The molecule has 0 spiro atoms. The molecule has 0 aromatic heterocycles. The number of halogens is 2. The first-order valence-corrected chi connectivity index (χ1v) is 6.73. The van der Waals surface area contributed by atoms with E-state index in [0.29, 0.717) is 0 Å². The molecule has 2 N–H and O–H groups in total. The summed E-state index contributed by atoms with van der Waals surface area (Å²) in [6.45, 7) is 0. The Bertz CT molecular complexity index is 763. The third-order valence-electron chi connectivity index (χ3n) is 3.53. The highest BCUT2D eigenvalue weighted by atomic mass is 35.5. The topological polar surface area (TPSA) is 74.6 Å². The molecule has 0 bridgehead atoms. The highest BCUT2D eigenvalue weighted by molar-refractivity contribution is 6.43. The Kier molecular flexibility index (Phi) is 3.06. The number of ketones is 2. The van der Waals surface area contributed by atoms with Gasteiger partial charge in [0, 0.05) is 16.7 Å². The smallest absolute Gasteiger partial charge is 0.220 e. The monoisotopic (exact) mass is 322 g/mol. The van der Waals surface area contributed by atoms with Crippen molar-refractivity contribution in [1.82, 2.24) is 0 Å². The number of fused-ring (bicyclic) bond motifs is 1. The van der Waals surface area contributed by atoms with Crippen LogP contribution in [0.3, 0.4) is 0 Å². The predicted octanol–water partition coefficient (Wildman–Crippen LogP) is 2.97. The van der Waals surface area contributed by atoms with Gasteiger partial charge < -0.3 is 10.2 Å². The van der Waals surface area contributed by atoms with Crippen LogP contribution >= 0.6 is 23.2 Å². The van der Waals surface area contributed by atoms with E-state index in [-0.39, 0.29) is 26.7 Å². The molecule has 4 nitrogen and oxygen atoms in total. The zero-order valence-corrected chi connectivity index (χ0v) is 11.9. The van der Waals surface area contributed by atoms with E-state index in [2.05, 4.69) is 0 Å². The van der Waals surface area contributed by atoms with E-state index < -0.39 is 22.9 Å². The lowest BCUT2D eigenvalue weighted by atomic mass is 9.88. The summed E-state index contributed by atoms with van der Waals surface area (Å²) in [4.78, 5) is 24.8. The van der Waals surface area contributed by atoms with Crippen molar-refractivity contribution in [1.29, 1.82) is 0 Å². The van der Waals surface area contributed by atoms with Crippen LogP contribution in [0.15, 0.2) is 36.4 Å². The SMILES string of the molecule is O=C1c2ccccc2C(=O)C1(O)c1ccc(Cl)c(Cl)c1O. The Hall–Kier alpha value is -1.88. The number of phenols is 1.